The zero-order valence-corrected chi connectivity index (χ0v) is 17.5. The van der Waals surface area contributed by atoms with E-state index in [1.165, 1.54) is 65.4 Å². The Hall–Kier alpha value is -3.64. The third kappa shape index (κ3) is 2.25. The van der Waals surface area contributed by atoms with Gasteiger partial charge in [-0.2, -0.15) is 0 Å². The third-order valence-electron chi connectivity index (χ3n) is 7.36. The lowest BCUT2D eigenvalue weighted by Gasteiger charge is -2.21. The molecule has 0 amide bonds. The van der Waals surface area contributed by atoms with Crippen molar-refractivity contribution in [2.75, 3.05) is 0 Å². The second-order valence-electron chi connectivity index (χ2n) is 8.88. The Morgan fingerprint density at radius 3 is 2.03 bits per heavy atom. The summed E-state index contributed by atoms with van der Waals surface area (Å²) in [5.41, 5.74) is 5.77. The van der Waals surface area contributed by atoms with Crippen molar-refractivity contribution in [2.24, 2.45) is 0 Å². The van der Waals surface area contributed by atoms with E-state index < -0.39 is 0 Å². The lowest BCUT2D eigenvalue weighted by atomic mass is 9.83. The van der Waals surface area contributed by atoms with E-state index in [1.54, 1.807) is 0 Å². The highest BCUT2D eigenvalue weighted by Gasteiger charge is 2.22. The molecule has 0 heteroatoms. The maximum absolute atomic E-state index is 2.43. The molecule has 0 saturated heterocycles. The number of benzene rings is 6. The molecule has 1 aliphatic carbocycles. The minimum absolute atomic E-state index is 0.362. The minimum atomic E-state index is 0.362. The van der Waals surface area contributed by atoms with Gasteiger partial charge < -0.3 is 0 Å². The Labute approximate surface area is 181 Å². The first-order valence-corrected chi connectivity index (χ1v) is 11.2. The Balaban J connectivity index is 1.56. The van der Waals surface area contributed by atoms with Gasteiger partial charge in [0.25, 0.3) is 0 Å². The van der Waals surface area contributed by atoms with Crippen molar-refractivity contribution in [1.29, 1.82) is 0 Å². The van der Waals surface area contributed by atoms with Crippen LogP contribution >= 0.6 is 0 Å². The summed E-state index contributed by atoms with van der Waals surface area (Å²) in [6.07, 6.45) is 3.48. The van der Waals surface area contributed by atoms with Crippen LogP contribution in [0.5, 0.6) is 0 Å². The average Bonchev–Trinajstić information content (AvgIpc) is 3.26. The van der Waals surface area contributed by atoms with Gasteiger partial charge in [-0.25, -0.2) is 0 Å². The molecule has 146 valence electrons. The van der Waals surface area contributed by atoms with Crippen LogP contribution in [0.15, 0.2) is 97.1 Å². The molecular weight excluding hydrogens is 372 g/mol. The Morgan fingerprint density at radius 2 is 1.23 bits per heavy atom. The molecule has 6 aromatic carbocycles. The van der Waals surface area contributed by atoms with Crippen LogP contribution in [0.4, 0.5) is 0 Å². The van der Waals surface area contributed by atoms with Crippen LogP contribution in [-0.2, 0) is 6.42 Å². The number of hydrogen-bond donors (Lipinski definition) is 0. The van der Waals surface area contributed by atoms with Crippen LogP contribution in [0, 0.1) is 0 Å². The molecule has 0 heterocycles. The molecule has 0 aliphatic heterocycles. The van der Waals surface area contributed by atoms with Crippen molar-refractivity contribution in [2.45, 2.75) is 19.3 Å². The summed E-state index contributed by atoms with van der Waals surface area (Å²) in [5.74, 6) is 0.362. The van der Waals surface area contributed by atoms with Crippen LogP contribution in [0.1, 0.15) is 29.5 Å². The number of hydrogen-bond acceptors (Lipinski definition) is 0. The molecule has 1 unspecified atom stereocenters. The Bertz CT molecular complexity index is 1610. The fourth-order valence-electron chi connectivity index (χ4n) is 5.93. The summed E-state index contributed by atoms with van der Waals surface area (Å²) in [7, 11) is 0. The summed E-state index contributed by atoms with van der Waals surface area (Å²) < 4.78 is 0. The maximum Gasteiger partial charge on any atom is 0.00701 e. The highest BCUT2D eigenvalue weighted by molar-refractivity contribution is 6.33. The second kappa shape index (κ2) is 6.18. The van der Waals surface area contributed by atoms with Gasteiger partial charge >= 0.3 is 0 Å². The van der Waals surface area contributed by atoms with E-state index in [2.05, 4.69) is 104 Å². The average molecular weight is 395 g/mol. The van der Waals surface area contributed by atoms with Crippen LogP contribution in [0.2, 0.25) is 0 Å². The molecule has 1 aliphatic rings. The van der Waals surface area contributed by atoms with Gasteiger partial charge in [0.15, 0.2) is 0 Å². The summed E-state index contributed by atoms with van der Waals surface area (Å²) in [6, 6.07) is 33.9. The fraction of sp³-hybridized carbons (Fsp3) is 0.0968. The molecular formula is C31H22. The minimum Gasteiger partial charge on any atom is -0.0757 e. The van der Waals surface area contributed by atoms with Crippen molar-refractivity contribution in [1.82, 2.24) is 0 Å². The lowest BCUT2D eigenvalue weighted by molar-refractivity contribution is 1.01. The molecule has 0 N–H and O–H groups in total. The van der Waals surface area contributed by atoms with Gasteiger partial charge in [-0.1, -0.05) is 104 Å². The molecule has 1 atom stereocenters. The number of fused-ring (bicyclic) bond motifs is 3. The van der Waals surface area contributed by atoms with Crippen molar-refractivity contribution in [3.63, 3.8) is 0 Å². The van der Waals surface area contributed by atoms with Crippen molar-refractivity contribution >= 4 is 48.7 Å². The van der Waals surface area contributed by atoms with Gasteiger partial charge in [-0.05, 0) is 71.8 Å². The van der Waals surface area contributed by atoms with E-state index in [4.69, 9.17) is 0 Å². The largest absolute Gasteiger partial charge is 0.0757 e. The highest BCUT2D eigenvalue weighted by atomic mass is 14.3. The molecule has 7 rings (SSSR count). The zero-order valence-electron chi connectivity index (χ0n) is 17.5. The predicted molar refractivity (Wildman–Crippen MR) is 134 cm³/mol. The molecule has 0 aromatic heterocycles. The standard InChI is InChI=1S/C31H22/c1-19(22-16-15-20-7-2-3-10-24(20)22)23-17-18-29-27-12-5-9-21-8-4-11-26(30(21)27)28-14-6-13-25(23)31(28)29/h2-14,16-19H,15H2,1H3. The fourth-order valence-corrected chi connectivity index (χ4v) is 5.93. The van der Waals surface area contributed by atoms with Gasteiger partial charge in [-0.15, -0.1) is 0 Å². The van der Waals surface area contributed by atoms with Gasteiger partial charge in [0.2, 0.25) is 0 Å². The number of allylic oxidation sites excluding steroid dienone is 2. The second-order valence-corrected chi connectivity index (χ2v) is 8.88. The van der Waals surface area contributed by atoms with Gasteiger partial charge in [0, 0.05) is 5.92 Å². The van der Waals surface area contributed by atoms with Crippen LogP contribution < -0.4 is 0 Å². The van der Waals surface area contributed by atoms with Gasteiger partial charge in [0.05, 0.1) is 0 Å². The van der Waals surface area contributed by atoms with E-state index in [0.717, 1.165) is 6.42 Å². The van der Waals surface area contributed by atoms with E-state index >= 15 is 0 Å². The topological polar surface area (TPSA) is 0 Å². The zero-order chi connectivity index (χ0) is 20.5. The first-order chi connectivity index (χ1) is 15.3. The maximum atomic E-state index is 2.43. The van der Waals surface area contributed by atoms with Crippen molar-refractivity contribution in [3.05, 3.63) is 114 Å². The predicted octanol–water partition coefficient (Wildman–Crippen LogP) is 8.48. The molecule has 0 fully saturated rings. The lowest BCUT2D eigenvalue weighted by Crippen LogP contribution is -1.99. The van der Waals surface area contributed by atoms with Crippen LogP contribution in [0.3, 0.4) is 0 Å². The van der Waals surface area contributed by atoms with Crippen molar-refractivity contribution in [3.8, 4) is 0 Å². The van der Waals surface area contributed by atoms with E-state index in [1.807, 2.05) is 0 Å². The molecule has 0 spiro atoms. The van der Waals surface area contributed by atoms with E-state index in [0.29, 0.717) is 5.92 Å². The Kier molecular flexibility index (Phi) is 3.41. The summed E-state index contributed by atoms with van der Waals surface area (Å²) in [5, 5.41) is 11.0. The van der Waals surface area contributed by atoms with Crippen molar-refractivity contribution < 1.29 is 0 Å². The Morgan fingerprint density at radius 1 is 0.581 bits per heavy atom. The van der Waals surface area contributed by atoms with Gasteiger partial charge in [-0.3, -0.25) is 0 Å². The van der Waals surface area contributed by atoms with Crippen LogP contribution in [-0.4, -0.2) is 0 Å². The molecule has 6 aromatic rings. The molecule has 0 bridgehead atoms. The summed E-state index contributed by atoms with van der Waals surface area (Å²) in [6.45, 7) is 2.37. The summed E-state index contributed by atoms with van der Waals surface area (Å²) >= 11 is 0. The summed E-state index contributed by atoms with van der Waals surface area (Å²) in [4.78, 5) is 0. The van der Waals surface area contributed by atoms with Gasteiger partial charge in [0.1, 0.15) is 0 Å². The van der Waals surface area contributed by atoms with E-state index in [-0.39, 0.29) is 0 Å². The third-order valence-corrected chi connectivity index (χ3v) is 7.36. The molecule has 0 saturated carbocycles. The quantitative estimate of drug-likeness (QED) is 0.204. The highest BCUT2D eigenvalue weighted by Crippen LogP contribution is 2.45. The first-order valence-electron chi connectivity index (χ1n) is 11.2. The number of rotatable bonds is 2. The smallest absolute Gasteiger partial charge is 0.00701 e. The normalized spacial score (nSPS) is 14.5. The molecule has 0 radical (unpaired) electrons. The SMILES string of the molecule is CC(C1=CCc2ccccc21)c1ccc2c3cccc4cccc(c5cccc1c52)c43. The molecule has 31 heavy (non-hydrogen) atoms. The van der Waals surface area contributed by atoms with Crippen LogP contribution in [0.25, 0.3) is 48.7 Å². The first kappa shape index (κ1) is 17.1. The monoisotopic (exact) mass is 394 g/mol. The van der Waals surface area contributed by atoms with E-state index in [9.17, 15) is 0 Å². The molecule has 0 nitrogen and oxygen atoms in total.